The predicted molar refractivity (Wildman–Crippen MR) is 248 cm³/mol. The number of nitrogens with zero attached hydrogens (tertiary/aromatic N) is 3. The average molecular weight is 758 g/mol. The molecule has 0 N–H and O–H groups in total. The van der Waals surface area contributed by atoms with E-state index in [1.807, 2.05) is 0 Å². The van der Waals surface area contributed by atoms with Gasteiger partial charge in [0.05, 0.1) is 16.6 Å². The third kappa shape index (κ3) is 4.85. The standard InChI is InChI=1S/C54H40BN3O/c1-35-32-43-50-47(33-35)58-51-41-26-16-17-27-48(41)59-53(51)49-46(57(38-22-12-6-13-23-38)39-24-14-7-15-25-39)31-30-45(52(49)58)55(50)44-29-28-40(34-42(44)54(43,2)3)56(36-18-8-4-9-19-36)37-20-10-5-11-21-37/h4-34H,1-3H3. The Morgan fingerprint density at radius 1 is 0.508 bits per heavy atom. The van der Waals surface area contributed by atoms with Crippen LogP contribution in [0.5, 0.6) is 0 Å². The molecule has 2 aliphatic heterocycles. The molecule has 4 heterocycles. The van der Waals surface area contributed by atoms with Gasteiger partial charge in [-0.3, -0.25) is 0 Å². The van der Waals surface area contributed by atoms with Crippen molar-refractivity contribution in [3.63, 3.8) is 0 Å². The second-order valence-electron chi connectivity index (χ2n) is 16.6. The van der Waals surface area contributed by atoms with E-state index >= 15 is 0 Å². The molecule has 5 heteroatoms. The summed E-state index contributed by atoms with van der Waals surface area (Å²) in [5, 5.41) is 2.25. The van der Waals surface area contributed by atoms with Crippen LogP contribution in [0.4, 0.5) is 34.1 Å². The maximum absolute atomic E-state index is 7.04. The Morgan fingerprint density at radius 3 is 1.69 bits per heavy atom. The van der Waals surface area contributed by atoms with Gasteiger partial charge in [0.25, 0.3) is 0 Å². The quantitative estimate of drug-likeness (QED) is 0.158. The molecule has 12 rings (SSSR count). The first-order valence-corrected chi connectivity index (χ1v) is 20.6. The predicted octanol–water partition coefficient (Wildman–Crippen LogP) is 12.2. The lowest BCUT2D eigenvalue weighted by molar-refractivity contribution is 0.645. The van der Waals surface area contributed by atoms with Gasteiger partial charge in [0.2, 0.25) is 6.71 Å². The highest BCUT2D eigenvalue weighted by atomic mass is 16.3. The molecule has 0 radical (unpaired) electrons. The molecule has 59 heavy (non-hydrogen) atoms. The van der Waals surface area contributed by atoms with Crippen LogP contribution < -0.4 is 26.2 Å². The zero-order valence-electron chi connectivity index (χ0n) is 33.2. The fraction of sp³-hybridized carbons (Fsp3) is 0.0741. The Kier molecular flexibility index (Phi) is 7.25. The minimum Gasteiger partial charge on any atom is -0.454 e. The van der Waals surface area contributed by atoms with Crippen molar-refractivity contribution in [1.29, 1.82) is 0 Å². The highest BCUT2D eigenvalue weighted by Crippen LogP contribution is 2.48. The first-order valence-electron chi connectivity index (χ1n) is 20.6. The molecule has 0 amide bonds. The Labute approximate surface area is 344 Å². The lowest BCUT2D eigenvalue weighted by Crippen LogP contribution is -2.63. The molecule has 0 saturated heterocycles. The molecular weight excluding hydrogens is 717 g/mol. The third-order valence-corrected chi connectivity index (χ3v) is 12.8. The molecule has 4 nitrogen and oxygen atoms in total. The summed E-state index contributed by atoms with van der Waals surface area (Å²) in [7, 11) is 0. The van der Waals surface area contributed by atoms with Crippen LogP contribution in [0.3, 0.4) is 0 Å². The van der Waals surface area contributed by atoms with Crippen molar-refractivity contribution in [3.8, 4) is 5.69 Å². The fourth-order valence-corrected chi connectivity index (χ4v) is 10.3. The van der Waals surface area contributed by atoms with Gasteiger partial charge in [-0.15, -0.1) is 0 Å². The van der Waals surface area contributed by atoms with Gasteiger partial charge in [0, 0.05) is 44.9 Å². The van der Waals surface area contributed by atoms with Crippen LogP contribution in [0.2, 0.25) is 0 Å². The number of aryl methyl sites for hydroxylation is 1. The average Bonchev–Trinajstić information content (AvgIpc) is 3.82. The summed E-state index contributed by atoms with van der Waals surface area (Å²) in [5.74, 6) is 0. The minimum absolute atomic E-state index is 0.0239. The van der Waals surface area contributed by atoms with Gasteiger partial charge < -0.3 is 18.8 Å². The van der Waals surface area contributed by atoms with Crippen molar-refractivity contribution in [2.24, 2.45) is 0 Å². The number of rotatable bonds is 6. The van der Waals surface area contributed by atoms with Gasteiger partial charge in [0.15, 0.2) is 5.58 Å². The maximum Gasteiger partial charge on any atom is 0.247 e. The second-order valence-corrected chi connectivity index (χ2v) is 16.6. The Hall–Kier alpha value is -7.24. The highest BCUT2D eigenvalue weighted by Gasteiger charge is 2.46. The van der Waals surface area contributed by atoms with E-state index in [-0.39, 0.29) is 12.1 Å². The van der Waals surface area contributed by atoms with Crippen LogP contribution in [0.1, 0.15) is 30.5 Å². The van der Waals surface area contributed by atoms with Crippen LogP contribution in [0.25, 0.3) is 38.7 Å². The molecule has 10 aromatic rings. The summed E-state index contributed by atoms with van der Waals surface area (Å²) in [5.41, 5.74) is 19.8. The molecule has 0 fully saturated rings. The third-order valence-electron chi connectivity index (χ3n) is 12.8. The fourth-order valence-electron chi connectivity index (χ4n) is 10.3. The lowest BCUT2D eigenvalue weighted by atomic mass is 9.30. The van der Waals surface area contributed by atoms with Crippen LogP contribution in [0.15, 0.2) is 192 Å². The Morgan fingerprint density at radius 2 is 1.07 bits per heavy atom. The van der Waals surface area contributed by atoms with Crippen LogP contribution in [0, 0.1) is 6.92 Å². The van der Waals surface area contributed by atoms with E-state index in [0.717, 1.165) is 61.6 Å². The van der Waals surface area contributed by atoms with E-state index in [9.17, 15) is 0 Å². The van der Waals surface area contributed by atoms with Crippen molar-refractivity contribution < 1.29 is 4.42 Å². The summed E-state index contributed by atoms with van der Waals surface area (Å²) in [6.45, 7) is 7.11. The monoisotopic (exact) mass is 757 g/mol. The van der Waals surface area contributed by atoms with Crippen molar-refractivity contribution in [2.75, 3.05) is 9.80 Å². The first kappa shape index (κ1) is 33.9. The SMILES string of the molecule is Cc1cc2c3c(c1)C(C)(C)c1cc(N(c4ccccc4)c4ccccc4)ccc1B3c1ccc(N(c3ccccc3)c3ccccc3)c3c4oc5ccccc5c4n-2c13. The van der Waals surface area contributed by atoms with E-state index in [1.165, 1.54) is 44.3 Å². The summed E-state index contributed by atoms with van der Waals surface area (Å²) >= 11 is 0. The largest absolute Gasteiger partial charge is 0.454 e. The van der Waals surface area contributed by atoms with Gasteiger partial charge >= 0.3 is 0 Å². The van der Waals surface area contributed by atoms with Gasteiger partial charge in [-0.25, -0.2) is 0 Å². The van der Waals surface area contributed by atoms with Crippen LogP contribution in [-0.4, -0.2) is 11.3 Å². The zero-order valence-corrected chi connectivity index (χ0v) is 33.2. The smallest absolute Gasteiger partial charge is 0.247 e. The molecule has 0 atom stereocenters. The van der Waals surface area contributed by atoms with E-state index in [2.05, 4.69) is 223 Å². The number of hydrogen-bond donors (Lipinski definition) is 0. The van der Waals surface area contributed by atoms with Crippen molar-refractivity contribution in [1.82, 2.24) is 4.57 Å². The van der Waals surface area contributed by atoms with E-state index < -0.39 is 0 Å². The Balaban J connectivity index is 1.18. The van der Waals surface area contributed by atoms with Crippen molar-refractivity contribution >= 4 is 90.2 Å². The molecule has 8 aromatic carbocycles. The summed E-state index contributed by atoms with van der Waals surface area (Å²) in [4.78, 5) is 4.77. The van der Waals surface area contributed by atoms with Crippen LogP contribution >= 0.6 is 0 Å². The summed E-state index contributed by atoms with van der Waals surface area (Å²) in [6, 6.07) is 68.2. The number of aromatic nitrogens is 1. The van der Waals surface area contributed by atoms with Gasteiger partial charge in [-0.05, 0) is 119 Å². The molecule has 2 aromatic heterocycles. The molecule has 0 unspecified atom stereocenters. The topological polar surface area (TPSA) is 24.6 Å². The number of furan rings is 1. The van der Waals surface area contributed by atoms with E-state index in [1.54, 1.807) is 0 Å². The molecular formula is C54H40BN3O. The van der Waals surface area contributed by atoms with Gasteiger partial charge in [-0.1, -0.05) is 122 Å². The number of anilines is 6. The number of benzene rings is 8. The zero-order chi connectivity index (χ0) is 39.4. The highest BCUT2D eigenvalue weighted by molar-refractivity contribution is 6.99. The summed E-state index contributed by atoms with van der Waals surface area (Å²) < 4.78 is 9.59. The number of hydrogen-bond acceptors (Lipinski definition) is 3. The van der Waals surface area contributed by atoms with Gasteiger partial charge in [0.1, 0.15) is 11.1 Å². The van der Waals surface area contributed by atoms with Gasteiger partial charge in [-0.2, -0.15) is 0 Å². The number of para-hydroxylation sites is 5. The maximum atomic E-state index is 7.04. The normalized spacial score (nSPS) is 13.4. The van der Waals surface area contributed by atoms with E-state index in [4.69, 9.17) is 4.42 Å². The molecule has 0 aliphatic carbocycles. The number of fused-ring (bicyclic) bond motifs is 9. The van der Waals surface area contributed by atoms with Crippen LogP contribution in [-0.2, 0) is 5.41 Å². The van der Waals surface area contributed by atoms with E-state index in [0.29, 0.717) is 0 Å². The van der Waals surface area contributed by atoms with Crippen molar-refractivity contribution in [3.05, 3.63) is 205 Å². The first-order chi connectivity index (χ1) is 29.0. The molecule has 0 saturated carbocycles. The minimum atomic E-state index is -0.282. The molecule has 0 bridgehead atoms. The molecule has 2 aliphatic rings. The lowest BCUT2D eigenvalue weighted by Gasteiger charge is -2.43. The molecule has 0 spiro atoms. The molecule has 280 valence electrons. The summed E-state index contributed by atoms with van der Waals surface area (Å²) in [6.07, 6.45) is 0. The second kappa shape index (κ2) is 12.6. The Bertz CT molecular complexity index is 3180. The van der Waals surface area contributed by atoms with Crippen molar-refractivity contribution in [2.45, 2.75) is 26.2 Å².